The Hall–Kier alpha value is -3.10. The Morgan fingerprint density at radius 2 is 1.88 bits per heavy atom. The van der Waals surface area contributed by atoms with Gasteiger partial charge in [0.1, 0.15) is 12.2 Å². The highest BCUT2D eigenvalue weighted by atomic mass is 16.5. The molecule has 2 N–H and O–H groups in total. The lowest BCUT2D eigenvalue weighted by Crippen LogP contribution is -2.47. The molecule has 3 aliphatic rings. The molecule has 0 unspecified atom stereocenters. The van der Waals surface area contributed by atoms with E-state index in [2.05, 4.69) is 24.8 Å². The summed E-state index contributed by atoms with van der Waals surface area (Å²) >= 11 is 0. The molecule has 0 aliphatic heterocycles. The summed E-state index contributed by atoms with van der Waals surface area (Å²) in [5.41, 5.74) is 4.14. The average molecular weight is 543 g/mol. The Morgan fingerprint density at radius 1 is 1.07 bits per heavy atom. The Kier molecular flexibility index (Phi) is 8.66. The number of aliphatic hydroxyl groups excluding tert-OH is 1. The second-order valence-electron chi connectivity index (χ2n) is 12.3. The predicted octanol–water partition coefficient (Wildman–Crippen LogP) is 6.58. The average Bonchev–Trinajstić information content (AvgIpc) is 3.24. The number of hydrogen-bond acceptors (Lipinski definition) is 5. The van der Waals surface area contributed by atoms with Crippen molar-refractivity contribution in [1.29, 1.82) is 0 Å². The lowest BCUT2D eigenvalue weighted by Gasteiger charge is -2.53. The predicted molar refractivity (Wildman–Crippen MR) is 155 cm³/mol. The van der Waals surface area contributed by atoms with E-state index in [1.54, 1.807) is 19.1 Å². The Bertz CT molecular complexity index is 1290. The molecule has 0 aromatic heterocycles. The number of carbonyl (C=O) groups is 2. The third-order valence-corrected chi connectivity index (χ3v) is 10.0. The first-order valence-electron chi connectivity index (χ1n) is 15.1. The van der Waals surface area contributed by atoms with Crippen LogP contribution in [0.4, 0.5) is 0 Å². The van der Waals surface area contributed by atoms with Gasteiger partial charge in [0.05, 0.1) is 12.7 Å². The van der Waals surface area contributed by atoms with Gasteiger partial charge < -0.3 is 14.9 Å². The first kappa shape index (κ1) is 28.4. The zero-order valence-electron chi connectivity index (χ0n) is 23.8. The maximum Gasteiger partial charge on any atom is 0.313 e. The molecule has 0 spiro atoms. The SMILES string of the molecule is CCOC(=O)CC(=O)c1ccc(C#CCCCC[C@@H]2Cc3cc(O)ccc3[C@H]3CC[C@]4(C)[C@@H](O)CC[C@H]4[C@H]23)cc1. The standard InChI is InChI=1S/C35H42O5/c1-3-40-33(39)22-31(37)24-12-10-23(11-13-24)8-6-4-5-7-9-25-20-26-21-27(36)14-15-28(26)29-18-19-35(2)30(34(25)29)16-17-32(35)38/h10-15,21,25,29-30,32,34,36,38H,3-5,7,9,16-20,22H2,1-2H3/t25-,29-,30+,32+,34-,35+/m1/s1. The molecule has 2 aromatic rings. The molecule has 40 heavy (non-hydrogen) atoms. The Morgan fingerprint density at radius 3 is 2.65 bits per heavy atom. The number of rotatable bonds is 8. The van der Waals surface area contributed by atoms with E-state index >= 15 is 0 Å². The number of esters is 1. The van der Waals surface area contributed by atoms with Crippen LogP contribution in [-0.2, 0) is 16.0 Å². The second-order valence-corrected chi connectivity index (χ2v) is 12.3. The van der Waals surface area contributed by atoms with Crippen molar-refractivity contribution in [1.82, 2.24) is 0 Å². The summed E-state index contributed by atoms with van der Waals surface area (Å²) in [6.45, 7) is 4.32. The Balaban J connectivity index is 1.17. The van der Waals surface area contributed by atoms with Gasteiger partial charge >= 0.3 is 5.97 Å². The van der Waals surface area contributed by atoms with Gasteiger partial charge in [0.25, 0.3) is 0 Å². The van der Waals surface area contributed by atoms with Crippen molar-refractivity contribution in [2.75, 3.05) is 6.61 Å². The van der Waals surface area contributed by atoms with Gasteiger partial charge in [-0.2, -0.15) is 0 Å². The van der Waals surface area contributed by atoms with Crippen molar-refractivity contribution in [2.45, 2.75) is 90.1 Å². The number of phenols is 1. The van der Waals surface area contributed by atoms with E-state index in [0.29, 0.717) is 35.0 Å². The van der Waals surface area contributed by atoms with E-state index in [1.807, 2.05) is 24.3 Å². The summed E-state index contributed by atoms with van der Waals surface area (Å²) in [5, 5.41) is 21.0. The van der Waals surface area contributed by atoms with Gasteiger partial charge in [-0.3, -0.25) is 9.59 Å². The summed E-state index contributed by atoms with van der Waals surface area (Å²) in [6, 6.07) is 13.1. The second kappa shape index (κ2) is 12.2. The van der Waals surface area contributed by atoms with Crippen LogP contribution in [-0.4, -0.2) is 34.7 Å². The monoisotopic (exact) mass is 542 g/mol. The summed E-state index contributed by atoms with van der Waals surface area (Å²) in [4.78, 5) is 23.8. The van der Waals surface area contributed by atoms with Crippen molar-refractivity contribution < 1.29 is 24.5 Å². The minimum Gasteiger partial charge on any atom is -0.508 e. The van der Waals surface area contributed by atoms with Crippen molar-refractivity contribution >= 4 is 11.8 Å². The molecule has 6 atom stereocenters. The number of fused-ring (bicyclic) bond motifs is 5. The van der Waals surface area contributed by atoms with Crippen LogP contribution in [0.5, 0.6) is 5.75 Å². The van der Waals surface area contributed by atoms with Crippen LogP contribution in [0.25, 0.3) is 0 Å². The van der Waals surface area contributed by atoms with Gasteiger partial charge in [-0.05, 0) is 116 Å². The first-order chi connectivity index (χ1) is 19.3. The zero-order valence-corrected chi connectivity index (χ0v) is 23.8. The molecule has 2 fully saturated rings. The van der Waals surface area contributed by atoms with Gasteiger partial charge in [-0.25, -0.2) is 0 Å². The van der Waals surface area contributed by atoms with Crippen molar-refractivity contribution in [2.24, 2.45) is 23.2 Å². The summed E-state index contributed by atoms with van der Waals surface area (Å²) in [6.07, 6.45) is 8.98. The van der Waals surface area contributed by atoms with Gasteiger partial charge in [0.15, 0.2) is 5.78 Å². The first-order valence-corrected chi connectivity index (χ1v) is 15.1. The quantitative estimate of drug-likeness (QED) is 0.129. The van der Waals surface area contributed by atoms with E-state index in [-0.39, 0.29) is 30.3 Å². The van der Waals surface area contributed by atoms with Gasteiger partial charge in [-0.1, -0.05) is 43.4 Å². The van der Waals surface area contributed by atoms with E-state index in [1.165, 1.54) is 11.1 Å². The highest BCUT2D eigenvalue weighted by molar-refractivity contribution is 6.05. The third-order valence-electron chi connectivity index (χ3n) is 10.0. The number of unbranched alkanes of at least 4 members (excludes halogenated alkanes) is 2. The number of aromatic hydroxyl groups is 1. The molecule has 5 nitrogen and oxygen atoms in total. The number of ketones is 1. The van der Waals surface area contributed by atoms with Gasteiger partial charge in [-0.15, -0.1) is 0 Å². The minimum atomic E-state index is -0.499. The number of carbonyl (C=O) groups excluding carboxylic acids is 2. The molecule has 0 bridgehead atoms. The van der Waals surface area contributed by atoms with E-state index in [0.717, 1.165) is 63.4 Å². The lowest BCUT2D eigenvalue weighted by molar-refractivity contribution is -0.141. The van der Waals surface area contributed by atoms with Crippen LogP contribution in [0, 0.1) is 35.0 Å². The molecule has 5 rings (SSSR count). The molecular formula is C35H42O5. The Labute approximate surface area is 238 Å². The molecule has 0 radical (unpaired) electrons. The van der Waals surface area contributed by atoms with E-state index in [9.17, 15) is 19.8 Å². The van der Waals surface area contributed by atoms with Crippen LogP contribution in [0.1, 0.15) is 105 Å². The lowest BCUT2D eigenvalue weighted by atomic mass is 9.52. The number of ether oxygens (including phenoxy) is 1. The molecule has 3 aliphatic carbocycles. The van der Waals surface area contributed by atoms with Gasteiger partial charge in [0, 0.05) is 17.5 Å². The number of phenolic OH excluding ortho intramolecular Hbond substituents is 1. The van der Waals surface area contributed by atoms with E-state index in [4.69, 9.17) is 4.74 Å². The van der Waals surface area contributed by atoms with Crippen LogP contribution in [0.15, 0.2) is 42.5 Å². The maximum absolute atomic E-state index is 12.2. The fourth-order valence-corrected chi connectivity index (χ4v) is 8.00. The van der Waals surface area contributed by atoms with Crippen molar-refractivity contribution in [3.63, 3.8) is 0 Å². The number of aliphatic hydroxyl groups is 1. The summed E-state index contributed by atoms with van der Waals surface area (Å²) in [7, 11) is 0. The smallest absolute Gasteiger partial charge is 0.313 e. The molecule has 0 saturated heterocycles. The summed E-state index contributed by atoms with van der Waals surface area (Å²) < 4.78 is 4.85. The fraction of sp³-hybridized carbons (Fsp3) is 0.543. The van der Waals surface area contributed by atoms with E-state index < -0.39 is 5.97 Å². The molecular weight excluding hydrogens is 500 g/mol. The summed E-state index contributed by atoms with van der Waals surface area (Å²) in [5.74, 6) is 8.39. The van der Waals surface area contributed by atoms with Gasteiger partial charge in [0.2, 0.25) is 0 Å². The molecule has 2 aromatic carbocycles. The van der Waals surface area contributed by atoms with Crippen LogP contribution >= 0.6 is 0 Å². The molecule has 0 amide bonds. The van der Waals surface area contributed by atoms with Crippen molar-refractivity contribution in [3.8, 4) is 17.6 Å². The molecule has 212 valence electrons. The minimum absolute atomic E-state index is 0.0400. The zero-order chi connectivity index (χ0) is 28.3. The number of benzene rings is 2. The largest absolute Gasteiger partial charge is 0.508 e. The number of Topliss-reactive ketones (excluding diaryl/α,β-unsaturated/α-hetero) is 1. The normalized spacial score (nSPS) is 28.4. The van der Waals surface area contributed by atoms with Crippen molar-refractivity contribution in [3.05, 3.63) is 64.7 Å². The highest BCUT2D eigenvalue weighted by Crippen LogP contribution is 2.62. The number of hydrogen-bond donors (Lipinski definition) is 2. The molecule has 5 heteroatoms. The topological polar surface area (TPSA) is 83.8 Å². The fourth-order valence-electron chi connectivity index (χ4n) is 8.00. The molecule has 0 heterocycles. The maximum atomic E-state index is 12.2. The molecule has 2 saturated carbocycles. The highest BCUT2D eigenvalue weighted by Gasteiger charge is 2.56. The van der Waals surface area contributed by atoms with Crippen LogP contribution in [0.3, 0.4) is 0 Å². The third kappa shape index (κ3) is 5.84. The van der Waals surface area contributed by atoms with Crippen LogP contribution in [0.2, 0.25) is 0 Å². The van der Waals surface area contributed by atoms with Crippen LogP contribution < -0.4 is 0 Å².